The van der Waals surface area contributed by atoms with E-state index in [1.165, 1.54) is 23.5 Å². The molecular formula is C30H52O18S2. The van der Waals surface area contributed by atoms with E-state index in [9.17, 15) is 60.0 Å². The van der Waals surface area contributed by atoms with Crippen LogP contribution in [0.15, 0.2) is 0 Å². The summed E-state index contributed by atoms with van der Waals surface area (Å²) in [7, 11) is 0. The Labute approximate surface area is 298 Å². The lowest BCUT2D eigenvalue weighted by Gasteiger charge is -2.45. The van der Waals surface area contributed by atoms with E-state index in [2.05, 4.69) is 9.47 Å². The predicted octanol–water partition coefficient (Wildman–Crippen LogP) is -3.51. The summed E-state index contributed by atoms with van der Waals surface area (Å²) in [6, 6.07) is 0. The van der Waals surface area contributed by atoms with Gasteiger partial charge >= 0.3 is 11.9 Å². The lowest BCUT2D eigenvalue weighted by molar-refractivity contribution is -0.400. The van der Waals surface area contributed by atoms with Crippen molar-refractivity contribution in [3.05, 3.63) is 0 Å². The molecule has 0 amide bonds. The minimum absolute atomic E-state index is 0.0787. The molecule has 0 radical (unpaired) electrons. The smallest absolute Gasteiger partial charge is 0.329 e. The Bertz CT molecular complexity index is 977. The molecule has 2 saturated heterocycles. The SMILES string of the molecule is CSCC(C)C(=O)CC1C(O)CC(O)(OC=O)OC1C(O)C(O)CO.CSCC(C)C(=O)CC1C(O)CC(O)(OC=O)OC1C(O)C(O)CO. The van der Waals surface area contributed by atoms with Crippen LogP contribution in [0.3, 0.4) is 0 Å². The molecular weight excluding hydrogens is 712 g/mol. The van der Waals surface area contributed by atoms with Crippen LogP contribution in [0.2, 0.25) is 0 Å². The fraction of sp³-hybridized carbons (Fsp3) is 0.867. The van der Waals surface area contributed by atoms with Crippen LogP contribution in [0.25, 0.3) is 0 Å². The maximum atomic E-state index is 12.3. The van der Waals surface area contributed by atoms with Crippen LogP contribution >= 0.6 is 23.5 Å². The maximum absolute atomic E-state index is 12.3. The normalized spacial score (nSPS) is 33.3. The third-order valence-electron chi connectivity index (χ3n) is 8.51. The van der Waals surface area contributed by atoms with Gasteiger partial charge in [-0.05, 0) is 12.5 Å². The van der Waals surface area contributed by atoms with Gasteiger partial charge in [-0.15, -0.1) is 0 Å². The van der Waals surface area contributed by atoms with E-state index in [-0.39, 0.29) is 49.2 Å². The molecule has 2 rings (SSSR count). The lowest BCUT2D eigenvalue weighted by Crippen LogP contribution is -2.59. The maximum Gasteiger partial charge on any atom is 0.329 e. The molecule has 2 fully saturated rings. The molecule has 0 aliphatic carbocycles. The van der Waals surface area contributed by atoms with E-state index in [1.54, 1.807) is 13.8 Å². The number of carbonyl (C=O) groups is 4. The Kier molecular flexibility index (Phi) is 20.4. The number of hydrogen-bond acceptors (Lipinski definition) is 20. The topological polar surface area (TPSA) is 308 Å². The van der Waals surface area contributed by atoms with Crippen molar-refractivity contribution >= 4 is 48.0 Å². The van der Waals surface area contributed by atoms with E-state index >= 15 is 0 Å². The first kappa shape index (κ1) is 46.5. The Morgan fingerprint density at radius 2 is 1.06 bits per heavy atom. The monoisotopic (exact) mass is 764 g/mol. The number of ketones is 2. The molecule has 10 N–H and O–H groups in total. The second kappa shape index (κ2) is 21.9. The van der Waals surface area contributed by atoms with Gasteiger partial charge in [0.2, 0.25) is 0 Å². The average molecular weight is 765 g/mol. The molecule has 14 unspecified atom stereocenters. The van der Waals surface area contributed by atoms with Gasteiger partial charge in [0.25, 0.3) is 12.9 Å². The Hall–Kier alpha value is -1.50. The van der Waals surface area contributed by atoms with Crippen molar-refractivity contribution in [2.75, 3.05) is 37.2 Å². The second-order valence-corrected chi connectivity index (χ2v) is 14.2. The number of ether oxygens (including phenoxy) is 4. The van der Waals surface area contributed by atoms with Gasteiger partial charge in [0.15, 0.2) is 0 Å². The third kappa shape index (κ3) is 13.5. The summed E-state index contributed by atoms with van der Waals surface area (Å²) in [5.74, 6) is -6.70. The van der Waals surface area contributed by atoms with E-state index in [0.29, 0.717) is 11.5 Å². The molecule has 0 saturated carbocycles. The highest BCUT2D eigenvalue weighted by atomic mass is 32.2. The van der Waals surface area contributed by atoms with Gasteiger partial charge in [-0.2, -0.15) is 23.5 Å². The molecule has 14 atom stereocenters. The zero-order chi connectivity index (χ0) is 38.4. The number of hydrogen-bond donors (Lipinski definition) is 10. The van der Waals surface area contributed by atoms with Crippen molar-refractivity contribution in [1.82, 2.24) is 0 Å². The summed E-state index contributed by atoms with van der Waals surface area (Å²) < 4.78 is 19.2. The highest BCUT2D eigenvalue weighted by Gasteiger charge is 2.53. The zero-order valence-corrected chi connectivity index (χ0v) is 29.9. The quantitative estimate of drug-likeness (QED) is 0.0425. The fourth-order valence-electron chi connectivity index (χ4n) is 5.62. The van der Waals surface area contributed by atoms with Crippen molar-refractivity contribution in [3.8, 4) is 0 Å². The van der Waals surface area contributed by atoms with Crippen LogP contribution in [0, 0.1) is 23.7 Å². The third-order valence-corrected chi connectivity index (χ3v) is 10.2. The van der Waals surface area contributed by atoms with Crippen molar-refractivity contribution in [2.24, 2.45) is 23.7 Å². The lowest BCUT2D eigenvalue weighted by atomic mass is 9.80. The molecule has 0 spiro atoms. The molecule has 0 aromatic carbocycles. The summed E-state index contributed by atoms with van der Waals surface area (Å²) in [4.78, 5) is 45.7. The number of aliphatic hydroxyl groups is 10. The van der Waals surface area contributed by atoms with Gasteiger partial charge < -0.3 is 70.0 Å². The second-order valence-electron chi connectivity index (χ2n) is 12.4. The molecule has 50 heavy (non-hydrogen) atoms. The average Bonchev–Trinajstić information content (AvgIpc) is 3.05. The van der Waals surface area contributed by atoms with Crippen LogP contribution in [0.5, 0.6) is 0 Å². The highest BCUT2D eigenvalue weighted by molar-refractivity contribution is 7.98. The number of aliphatic hydroxyl groups excluding tert-OH is 8. The molecule has 20 heteroatoms. The molecule has 18 nitrogen and oxygen atoms in total. The minimum atomic E-state index is -2.49. The van der Waals surface area contributed by atoms with Crippen LogP contribution in [0.4, 0.5) is 0 Å². The first-order valence-corrected chi connectivity index (χ1v) is 18.5. The predicted molar refractivity (Wildman–Crippen MR) is 175 cm³/mol. The Morgan fingerprint density at radius 1 is 0.740 bits per heavy atom. The van der Waals surface area contributed by atoms with E-state index in [1.807, 2.05) is 12.5 Å². The molecule has 2 heterocycles. The molecule has 0 bridgehead atoms. The van der Waals surface area contributed by atoms with Gasteiger partial charge in [0.1, 0.15) is 36.0 Å². The van der Waals surface area contributed by atoms with Crippen LogP contribution in [0.1, 0.15) is 39.5 Å². The summed E-state index contributed by atoms with van der Waals surface area (Å²) >= 11 is 2.97. The van der Waals surface area contributed by atoms with Gasteiger partial charge in [0, 0.05) is 48.0 Å². The summed E-state index contributed by atoms with van der Waals surface area (Å²) in [6.45, 7) is 1.71. The molecule has 0 aromatic rings. The molecule has 292 valence electrons. The first-order chi connectivity index (χ1) is 23.4. The molecule has 2 aliphatic rings. The molecule has 0 aromatic heterocycles. The van der Waals surface area contributed by atoms with E-state index < -0.39 is 98.7 Å². The Balaban J connectivity index is 0.000000500. The van der Waals surface area contributed by atoms with Crippen molar-refractivity contribution in [1.29, 1.82) is 0 Å². The summed E-state index contributed by atoms with van der Waals surface area (Å²) in [5, 5.41) is 98.5. The number of carbonyl (C=O) groups excluding carboxylic acids is 4. The van der Waals surface area contributed by atoms with Crippen molar-refractivity contribution in [2.45, 2.75) is 100 Å². The van der Waals surface area contributed by atoms with Gasteiger partial charge in [0.05, 0.1) is 50.5 Å². The largest absolute Gasteiger partial charge is 0.410 e. The first-order valence-electron chi connectivity index (χ1n) is 15.7. The van der Waals surface area contributed by atoms with Gasteiger partial charge in [-0.25, -0.2) is 0 Å². The van der Waals surface area contributed by atoms with Crippen LogP contribution in [-0.2, 0) is 38.1 Å². The zero-order valence-electron chi connectivity index (χ0n) is 28.3. The van der Waals surface area contributed by atoms with Crippen LogP contribution in [-0.4, -0.2) is 174 Å². The van der Waals surface area contributed by atoms with Gasteiger partial charge in [-0.1, -0.05) is 13.8 Å². The van der Waals surface area contributed by atoms with Crippen molar-refractivity contribution < 1.29 is 89.2 Å². The van der Waals surface area contributed by atoms with Gasteiger partial charge in [-0.3, -0.25) is 19.2 Å². The van der Waals surface area contributed by atoms with E-state index in [0.717, 1.165) is 0 Å². The fourth-order valence-corrected chi connectivity index (χ4v) is 7.00. The number of rotatable bonds is 20. The number of thioether (sulfide) groups is 2. The summed E-state index contributed by atoms with van der Waals surface area (Å²) in [5.41, 5.74) is 0. The highest BCUT2D eigenvalue weighted by Crippen LogP contribution is 2.38. The van der Waals surface area contributed by atoms with Crippen LogP contribution < -0.4 is 0 Å². The number of Topliss-reactive ketones (excluding diaryl/α,β-unsaturated/α-hetero) is 2. The van der Waals surface area contributed by atoms with Crippen molar-refractivity contribution in [3.63, 3.8) is 0 Å². The summed E-state index contributed by atoms with van der Waals surface area (Å²) in [6.07, 6.45) is -9.88. The molecule has 2 aliphatic heterocycles. The minimum Gasteiger partial charge on any atom is -0.410 e. The Morgan fingerprint density at radius 3 is 1.32 bits per heavy atom. The standard InChI is InChI=1S/2C15H26O9S/c2*1-8(6-25-2)10(18)3-9-11(19)4-15(22,23-7-17)24-14(9)13(21)12(20)5-16/h2*7-9,11-14,16,19-22H,3-6H2,1-2H3. The van der Waals surface area contributed by atoms with E-state index in [4.69, 9.17) is 19.7 Å².